The molecule has 112 valence electrons. The molecular formula is C17H29N3. The van der Waals surface area contributed by atoms with Crippen LogP contribution in [0.25, 0.3) is 0 Å². The van der Waals surface area contributed by atoms with Crippen molar-refractivity contribution in [2.45, 2.75) is 38.3 Å². The SMILES string of the molecule is CCC(NC)c1ccc(N(C)C2CCCN(C)C2)cc1. The van der Waals surface area contributed by atoms with E-state index in [0.717, 1.165) is 6.42 Å². The van der Waals surface area contributed by atoms with Crippen LogP contribution in [0.5, 0.6) is 0 Å². The summed E-state index contributed by atoms with van der Waals surface area (Å²) in [6.07, 6.45) is 3.73. The molecule has 3 heteroatoms. The molecule has 1 aromatic carbocycles. The fourth-order valence-electron chi connectivity index (χ4n) is 3.21. The molecule has 0 aromatic heterocycles. The Morgan fingerprint density at radius 2 is 2.05 bits per heavy atom. The molecule has 3 nitrogen and oxygen atoms in total. The zero-order chi connectivity index (χ0) is 14.5. The molecule has 0 spiro atoms. The molecule has 0 radical (unpaired) electrons. The first-order valence-electron chi connectivity index (χ1n) is 7.84. The molecule has 1 aliphatic rings. The lowest BCUT2D eigenvalue weighted by Gasteiger charge is -2.37. The summed E-state index contributed by atoms with van der Waals surface area (Å²) in [5.41, 5.74) is 2.72. The van der Waals surface area contributed by atoms with Crippen molar-refractivity contribution in [3.63, 3.8) is 0 Å². The maximum absolute atomic E-state index is 3.37. The van der Waals surface area contributed by atoms with Crippen LogP contribution in [0, 0.1) is 0 Å². The molecule has 1 saturated heterocycles. The summed E-state index contributed by atoms with van der Waals surface area (Å²) < 4.78 is 0. The Labute approximate surface area is 124 Å². The first-order chi connectivity index (χ1) is 9.65. The number of anilines is 1. The van der Waals surface area contributed by atoms with E-state index >= 15 is 0 Å². The molecule has 1 N–H and O–H groups in total. The third-order valence-electron chi connectivity index (χ3n) is 4.61. The van der Waals surface area contributed by atoms with Crippen LogP contribution in [0.1, 0.15) is 37.8 Å². The lowest BCUT2D eigenvalue weighted by atomic mass is 10.0. The summed E-state index contributed by atoms with van der Waals surface area (Å²) in [4.78, 5) is 4.88. The molecule has 1 fully saturated rings. The van der Waals surface area contributed by atoms with Crippen molar-refractivity contribution in [1.29, 1.82) is 0 Å². The fraction of sp³-hybridized carbons (Fsp3) is 0.647. The van der Waals surface area contributed by atoms with Crippen LogP contribution >= 0.6 is 0 Å². The minimum atomic E-state index is 0.468. The van der Waals surface area contributed by atoms with Gasteiger partial charge in [-0.15, -0.1) is 0 Å². The van der Waals surface area contributed by atoms with Crippen LogP contribution in [0.3, 0.4) is 0 Å². The molecule has 0 bridgehead atoms. The van der Waals surface area contributed by atoms with Gasteiger partial charge in [0.15, 0.2) is 0 Å². The van der Waals surface area contributed by atoms with Crippen molar-refractivity contribution in [2.24, 2.45) is 0 Å². The summed E-state index contributed by atoms with van der Waals surface area (Å²) in [5.74, 6) is 0. The Morgan fingerprint density at radius 3 is 2.60 bits per heavy atom. The highest BCUT2D eigenvalue weighted by molar-refractivity contribution is 5.48. The highest BCUT2D eigenvalue weighted by Crippen LogP contribution is 2.24. The number of hydrogen-bond donors (Lipinski definition) is 1. The first kappa shape index (κ1) is 15.3. The van der Waals surface area contributed by atoms with Crippen molar-refractivity contribution in [1.82, 2.24) is 10.2 Å². The van der Waals surface area contributed by atoms with Gasteiger partial charge in [0.1, 0.15) is 0 Å². The zero-order valence-corrected chi connectivity index (χ0v) is 13.4. The number of likely N-dealkylation sites (tertiary alicyclic amines) is 1. The lowest BCUT2D eigenvalue weighted by molar-refractivity contribution is 0.248. The highest BCUT2D eigenvalue weighted by Gasteiger charge is 2.21. The average molecular weight is 275 g/mol. The standard InChI is InChI=1S/C17H29N3/c1-5-17(18-2)14-8-10-15(11-9-14)20(4)16-7-6-12-19(3)13-16/h8-11,16-18H,5-7,12-13H2,1-4H3. The largest absolute Gasteiger partial charge is 0.370 e. The maximum Gasteiger partial charge on any atom is 0.0414 e. The van der Waals surface area contributed by atoms with Gasteiger partial charge in [0.2, 0.25) is 0 Å². The van der Waals surface area contributed by atoms with Crippen molar-refractivity contribution in [3.05, 3.63) is 29.8 Å². The van der Waals surface area contributed by atoms with Crippen LogP contribution < -0.4 is 10.2 Å². The van der Waals surface area contributed by atoms with E-state index in [1.807, 2.05) is 7.05 Å². The topological polar surface area (TPSA) is 18.5 Å². The van der Waals surface area contributed by atoms with Gasteiger partial charge in [-0.05, 0) is 57.6 Å². The zero-order valence-electron chi connectivity index (χ0n) is 13.4. The molecule has 2 unspecified atom stereocenters. The lowest BCUT2D eigenvalue weighted by Crippen LogP contribution is -2.45. The Bertz CT molecular complexity index is 397. The molecule has 2 atom stereocenters. The summed E-state index contributed by atoms with van der Waals surface area (Å²) in [7, 11) is 6.49. The molecule has 2 rings (SSSR count). The fourth-order valence-corrected chi connectivity index (χ4v) is 3.21. The molecule has 1 heterocycles. The quantitative estimate of drug-likeness (QED) is 0.891. The third kappa shape index (κ3) is 3.53. The summed E-state index contributed by atoms with van der Waals surface area (Å²) in [6.45, 7) is 4.63. The van der Waals surface area contributed by atoms with E-state index in [2.05, 4.69) is 60.4 Å². The van der Waals surface area contributed by atoms with E-state index in [-0.39, 0.29) is 0 Å². The van der Waals surface area contributed by atoms with Crippen LogP contribution in [-0.2, 0) is 0 Å². The number of rotatable bonds is 5. The van der Waals surface area contributed by atoms with E-state index in [1.54, 1.807) is 0 Å². The number of benzene rings is 1. The van der Waals surface area contributed by atoms with Crippen molar-refractivity contribution < 1.29 is 0 Å². The number of likely N-dealkylation sites (N-methyl/N-ethyl adjacent to an activating group) is 2. The minimum absolute atomic E-state index is 0.468. The van der Waals surface area contributed by atoms with Gasteiger partial charge in [-0.25, -0.2) is 0 Å². The molecule has 0 saturated carbocycles. The number of hydrogen-bond acceptors (Lipinski definition) is 3. The first-order valence-corrected chi connectivity index (χ1v) is 7.84. The second kappa shape index (κ2) is 7.09. The summed E-state index contributed by atoms with van der Waals surface area (Å²) >= 11 is 0. The highest BCUT2D eigenvalue weighted by atomic mass is 15.2. The van der Waals surface area contributed by atoms with Gasteiger partial charge in [-0.2, -0.15) is 0 Å². The van der Waals surface area contributed by atoms with Gasteiger partial charge in [-0.3, -0.25) is 0 Å². The van der Waals surface area contributed by atoms with E-state index in [9.17, 15) is 0 Å². The van der Waals surface area contributed by atoms with Gasteiger partial charge < -0.3 is 15.1 Å². The minimum Gasteiger partial charge on any atom is -0.370 e. The molecule has 20 heavy (non-hydrogen) atoms. The van der Waals surface area contributed by atoms with Gasteiger partial charge in [0.05, 0.1) is 0 Å². The van der Waals surface area contributed by atoms with Crippen LogP contribution in [0.15, 0.2) is 24.3 Å². The van der Waals surface area contributed by atoms with Crippen molar-refractivity contribution in [3.8, 4) is 0 Å². The molecule has 0 aliphatic carbocycles. The second-order valence-corrected chi connectivity index (χ2v) is 6.01. The summed E-state index contributed by atoms with van der Waals surface area (Å²) in [5, 5.41) is 3.37. The number of nitrogens with one attached hydrogen (secondary N) is 1. The predicted molar refractivity (Wildman–Crippen MR) is 87.5 cm³/mol. The molecule has 1 aromatic rings. The Kier molecular flexibility index (Phi) is 5.44. The third-order valence-corrected chi connectivity index (χ3v) is 4.61. The van der Waals surface area contributed by atoms with E-state index < -0.39 is 0 Å². The van der Waals surface area contributed by atoms with Crippen molar-refractivity contribution in [2.75, 3.05) is 39.1 Å². The van der Waals surface area contributed by atoms with Crippen LogP contribution in [0.2, 0.25) is 0 Å². The van der Waals surface area contributed by atoms with Gasteiger partial charge in [0.25, 0.3) is 0 Å². The van der Waals surface area contributed by atoms with Gasteiger partial charge in [-0.1, -0.05) is 19.1 Å². The summed E-state index contributed by atoms with van der Waals surface area (Å²) in [6, 6.07) is 10.2. The van der Waals surface area contributed by atoms with Crippen molar-refractivity contribution >= 4 is 5.69 Å². The van der Waals surface area contributed by atoms with E-state index in [1.165, 1.54) is 37.2 Å². The smallest absolute Gasteiger partial charge is 0.0414 e. The van der Waals surface area contributed by atoms with Gasteiger partial charge in [0, 0.05) is 31.4 Å². The average Bonchev–Trinajstić information content (AvgIpc) is 2.48. The monoisotopic (exact) mass is 275 g/mol. The molecule has 0 amide bonds. The van der Waals surface area contributed by atoms with Crippen LogP contribution in [-0.4, -0.2) is 45.2 Å². The Morgan fingerprint density at radius 1 is 1.35 bits per heavy atom. The van der Waals surface area contributed by atoms with Gasteiger partial charge >= 0.3 is 0 Å². The number of nitrogens with zero attached hydrogens (tertiary/aromatic N) is 2. The predicted octanol–water partition coefficient (Wildman–Crippen LogP) is 2.89. The molecule has 1 aliphatic heterocycles. The second-order valence-electron chi connectivity index (χ2n) is 6.01. The van der Waals surface area contributed by atoms with E-state index in [0.29, 0.717) is 12.1 Å². The normalized spacial score (nSPS) is 21.7. The van der Waals surface area contributed by atoms with Crippen LogP contribution in [0.4, 0.5) is 5.69 Å². The Hall–Kier alpha value is -1.06. The Balaban J connectivity index is 2.05. The molecular weight excluding hydrogens is 246 g/mol. The number of piperidine rings is 1. The maximum atomic E-state index is 3.37. The van der Waals surface area contributed by atoms with E-state index in [4.69, 9.17) is 0 Å².